The topological polar surface area (TPSA) is 65.0 Å². The first-order chi connectivity index (χ1) is 10.8. The number of carbonyl (C=O) groups excluding carboxylic acids is 1. The van der Waals surface area contributed by atoms with Crippen molar-refractivity contribution in [3.63, 3.8) is 0 Å². The number of β-amino-alcohol motifs (C(OH)–C–C–N with tert-alkyl or cyclic N) is 1. The van der Waals surface area contributed by atoms with E-state index in [0.29, 0.717) is 13.1 Å². The van der Waals surface area contributed by atoms with Crippen LogP contribution in [0.15, 0.2) is 0 Å². The van der Waals surface area contributed by atoms with Crippen molar-refractivity contribution in [1.82, 2.24) is 15.1 Å². The Kier molecular flexibility index (Phi) is 6.49. The molecule has 0 aromatic carbocycles. The van der Waals surface area contributed by atoms with Gasteiger partial charge in [-0.3, -0.25) is 0 Å². The lowest BCUT2D eigenvalue weighted by Crippen LogP contribution is -2.54. The molecule has 0 aromatic heterocycles. The van der Waals surface area contributed by atoms with E-state index in [0.717, 1.165) is 32.4 Å². The molecule has 2 aliphatic heterocycles. The average molecular weight is 339 g/mol. The number of urea groups is 1. The van der Waals surface area contributed by atoms with Gasteiger partial charge in [-0.25, -0.2) is 4.79 Å². The molecule has 2 amide bonds. The molecule has 1 unspecified atom stereocenters. The fraction of sp³-hybridized carbons (Fsp3) is 0.929. The van der Waals surface area contributed by atoms with E-state index >= 15 is 0 Å². The number of nitrogens with zero attached hydrogens (tertiary/aromatic N) is 2. The zero-order valence-electron chi connectivity index (χ0n) is 13.0. The van der Waals surface area contributed by atoms with Crippen molar-refractivity contribution in [2.75, 3.05) is 45.9 Å². The highest BCUT2D eigenvalue weighted by atomic mass is 19.4. The van der Waals surface area contributed by atoms with Crippen molar-refractivity contribution < 1.29 is 27.8 Å². The second kappa shape index (κ2) is 8.16. The zero-order valence-corrected chi connectivity index (χ0v) is 13.0. The Bertz CT molecular complexity index is 387. The van der Waals surface area contributed by atoms with Gasteiger partial charge in [0.25, 0.3) is 0 Å². The van der Waals surface area contributed by atoms with E-state index in [1.807, 2.05) is 9.80 Å². The Balaban J connectivity index is 1.65. The molecule has 0 spiro atoms. The number of nitrogens with one attached hydrogen (secondary N) is 1. The summed E-state index contributed by atoms with van der Waals surface area (Å²) in [4.78, 5) is 15.7. The fourth-order valence-electron chi connectivity index (χ4n) is 3.07. The number of aliphatic hydroxyl groups excluding tert-OH is 1. The third-order valence-corrected chi connectivity index (χ3v) is 4.16. The van der Waals surface area contributed by atoms with Crippen LogP contribution in [0, 0.1) is 0 Å². The summed E-state index contributed by atoms with van der Waals surface area (Å²) < 4.78 is 40.4. The normalized spacial score (nSPS) is 23.0. The molecule has 23 heavy (non-hydrogen) atoms. The lowest BCUT2D eigenvalue weighted by molar-refractivity contribution is -0.179. The summed E-state index contributed by atoms with van der Waals surface area (Å²) in [5.74, 6) is 0. The minimum Gasteiger partial charge on any atom is -0.389 e. The summed E-state index contributed by atoms with van der Waals surface area (Å²) in [7, 11) is 0. The first kappa shape index (κ1) is 18.3. The van der Waals surface area contributed by atoms with Crippen LogP contribution in [0.1, 0.15) is 19.3 Å². The van der Waals surface area contributed by atoms with Crippen molar-refractivity contribution in [1.29, 1.82) is 0 Å². The number of ether oxygens (including phenoxy) is 1. The Labute approximate surface area is 133 Å². The largest absolute Gasteiger partial charge is 0.411 e. The molecular weight excluding hydrogens is 315 g/mol. The summed E-state index contributed by atoms with van der Waals surface area (Å²) in [6, 6.07) is 0.181. The maximum absolute atomic E-state index is 12.0. The van der Waals surface area contributed by atoms with E-state index in [1.54, 1.807) is 0 Å². The molecule has 134 valence electrons. The van der Waals surface area contributed by atoms with Crippen LogP contribution in [0.3, 0.4) is 0 Å². The first-order valence-electron chi connectivity index (χ1n) is 7.94. The van der Waals surface area contributed by atoms with Crippen molar-refractivity contribution in [2.45, 2.75) is 37.6 Å². The van der Waals surface area contributed by atoms with Crippen LogP contribution in [0.4, 0.5) is 18.0 Å². The minimum absolute atomic E-state index is 0.0183. The molecule has 2 aliphatic rings. The maximum atomic E-state index is 12.0. The highest BCUT2D eigenvalue weighted by Gasteiger charge is 2.30. The Morgan fingerprint density at radius 1 is 1.30 bits per heavy atom. The third-order valence-electron chi connectivity index (χ3n) is 4.16. The van der Waals surface area contributed by atoms with Gasteiger partial charge >= 0.3 is 12.2 Å². The molecule has 2 saturated heterocycles. The predicted molar refractivity (Wildman–Crippen MR) is 77.1 cm³/mol. The lowest BCUT2D eigenvalue weighted by atomic mass is 10.0. The zero-order chi connectivity index (χ0) is 16.9. The van der Waals surface area contributed by atoms with Gasteiger partial charge in [-0.1, -0.05) is 0 Å². The fourth-order valence-corrected chi connectivity index (χ4v) is 3.07. The molecule has 6 nitrogen and oxygen atoms in total. The van der Waals surface area contributed by atoms with Gasteiger partial charge in [0.1, 0.15) is 6.61 Å². The SMILES string of the molecule is O=C1NCCCN1C1CCN(CC(O)COCC(F)(F)F)CC1. The van der Waals surface area contributed by atoms with Gasteiger partial charge in [0, 0.05) is 38.8 Å². The second-order valence-electron chi connectivity index (χ2n) is 6.09. The number of likely N-dealkylation sites (tertiary alicyclic amines) is 1. The standard InChI is InChI=1S/C14H24F3N3O3/c15-14(16,17)10-23-9-12(21)8-19-6-2-11(3-7-19)20-5-1-4-18-13(20)22/h11-12,21H,1-10H2,(H,18,22). The molecule has 0 radical (unpaired) electrons. The van der Waals surface area contributed by atoms with E-state index in [-0.39, 0.29) is 25.2 Å². The molecule has 2 heterocycles. The van der Waals surface area contributed by atoms with E-state index in [1.165, 1.54) is 0 Å². The number of rotatable bonds is 6. The quantitative estimate of drug-likeness (QED) is 0.752. The number of alkyl halides is 3. The summed E-state index contributed by atoms with van der Waals surface area (Å²) in [6.07, 6.45) is -2.74. The van der Waals surface area contributed by atoms with Crippen LogP contribution in [0.5, 0.6) is 0 Å². The molecule has 9 heteroatoms. The predicted octanol–water partition coefficient (Wildman–Crippen LogP) is 0.806. The van der Waals surface area contributed by atoms with E-state index < -0.39 is 18.9 Å². The van der Waals surface area contributed by atoms with Gasteiger partial charge in [-0.05, 0) is 19.3 Å². The van der Waals surface area contributed by atoms with Crippen LogP contribution in [-0.2, 0) is 4.74 Å². The molecule has 2 rings (SSSR count). The number of piperidine rings is 1. The third kappa shape index (κ3) is 6.15. The van der Waals surface area contributed by atoms with Gasteiger partial charge < -0.3 is 25.0 Å². The Morgan fingerprint density at radius 3 is 2.61 bits per heavy atom. The van der Waals surface area contributed by atoms with E-state index in [9.17, 15) is 23.1 Å². The molecule has 0 aliphatic carbocycles. The van der Waals surface area contributed by atoms with Gasteiger partial charge in [0.15, 0.2) is 0 Å². The first-order valence-corrected chi connectivity index (χ1v) is 7.94. The van der Waals surface area contributed by atoms with Gasteiger partial charge in [0.05, 0.1) is 12.7 Å². The Hall–Kier alpha value is -1.06. The van der Waals surface area contributed by atoms with Gasteiger partial charge in [-0.2, -0.15) is 13.2 Å². The number of aliphatic hydroxyl groups is 1. The molecular formula is C14H24F3N3O3. The van der Waals surface area contributed by atoms with E-state index in [2.05, 4.69) is 10.1 Å². The van der Waals surface area contributed by atoms with Crippen molar-refractivity contribution in [3.05, 3.63) is 0 Å². The monoisotopic (exact) mass is 339 g/mol. The van der Waals surface area contributed by atoms with Gasteiger partial charge in [-0.15, -0.1) is 0 Å². The average Bonchev–Trinajstić information content (AvgIpc) is 2.47. The molecule has 2 N–H and O–H groups in total. The number of halogens is 3. The highest BCUT2D eigenvalue weighted by Crippen LogP contribution is 2.19. The van der Waals surface area contributed by atoms with Crippen LogP contribution in [0.2, 0.25) is 0 Å². The molecule has 1 atom stereocenters. The smallest absolute Gasteiger partial charge is 0.389 e. The molecule has 2 fully saturated rings. The summed E-state index contributed by atoms with van der Waals surface area (Å²) in [5.41, 5.74) is 0. The molecule has 0 aromatic rings. The van der Waals surface area contributed by atoms with Crippen LogP contribution < -0.4 is 5.32 Å². The summed E-state index contributed by atoms with van der Waals surface area (Å²) >= 11 is 0. The van der Waals surface area contributed by atoms with Crippen LogP contribution in [0.25, 0.3) is 0 Å². The molecule has 0 bridgehead atoms. The van der Waals surface area contributed by atoms with E-state index in [4.69, 9.17) is 0 Å². The van der Waals surface area contributed by atoms with Crippen molar-refractivity contribution in [3.8, 4) is 0 Å². The highest BCUT2D eigenvalue weighted by molar-refractivity contribution is 5.75. The van der Waals surface area contributed by atoms with Crippen LogP contribution in [-0.4, -0.2) is 85.2 Å². The number of hydrogen-bond donors (Lipinski definition) is 2. The summed E-state index contributed by atoms with van der Waals surface area (Å²) in [6.45, 7) is 1.54. The second-order valence-corrected chi connectivity index (χ2v) is 6.09. The lowest BCUT2D eigenvalue weighted by Gasteiger charge is -2.40. The van der Waals surface area contributed by atoms with Crippen LogP contribution >= 0.6 is 0 Å². The Morgan fingerprint density at radius 2 is 2.00 bits per heavy atom. The maximum Gasteiger partial charge on any atom is 0.411 e. The minimum atomic E-state index is -4.37. The molecule has 0 saturated carbocycles. The number of amides is 2. The summed E-state index contributed by atoms with van der Waals surface area (Å²) in [5, 5.41) is 12.6. The number of hydrogen-bond acceptors (Lipinski definition) is 4. The van der Waals surface area contributed by atoms with Gasteiger partial charge in [0.2, 0.25) is 0 Å². The number of carbonyl (C=O) groups is 1. The van der Waals surface area contributed by atoms with Crippen molar-refractivity contribution >= 4 is 6.03 Å². The van der Waals surface area contributed by atoms with Crippen molar-refractivity contribution in [2.24, 2.45) is 0 Å².